The van der Waals surface area contributed by atoms with Gasteiger partial charge >= 0.3 is 18.0 Å². The maximum Gasteiger partial charge on any atom is 0.435 e. The molecule has 0 spiro atoms. The Hall–Kier alpha value is -2.70. The summed E-state index contributed by atoms with van der Waals surface area (Å²) in [5, 5.41) is 0. The SMILES string of the molecule is CC(=O)N1CCC2(S(=O)(=O)c3ccc(F)cc3)c3ccc(C(F)(C(F)(F)F)C(F)(F)F)cc3CC12. The first kappa shape index (κ1) is 25.4. The number of carbonyl (C=O) groups is 1. The van der Waals surface area contributed by atoms with Crippen LogP contribution in [0, 0.1) is 5.82 Å². The molecule has 0 radical (unpaired) electrons. The van der Waals surface area contributed by atoms with Gasteiger partial charge in [-0.05, 0) is 48.2 Å². The minimum Gasteiger partial charge on any atom is -0.338 e. The van der Waals surface area contributed by atoms with Gasteiger partial charge in [-0.1, -0.05) is 18.2 Å². The van der Waals surface area contributed by atoms with Gasteiger partial charge in [0.2, 0.25) is 5.91 Å². The number of benzene rings is 2. The smallest absolute Gasteiger partial charge is 0.338 e. The van der Waals surface area contributed by atoms with Crippen molar-refractivity contribution >= 4 is 15.7 Å². The average Bonchev–Trinajstić information content (AvgIpc) is 3.27. The van der Waals surface area contributed by atoms with Gasteiger partial charge in [-0.25, -0.2) is 17.2 Å². The van der Waals surface area contributed by atoms with E-state index in [9.17, 15) is 48.3 Å². The molecule has 1 amide bonds. The molecule has 1 heterocycles. The zero-order valence-electron chi connectivity index (χ0n) is 17.8. The molecule has 35 heavy (non-hydrogen) atoms. The largest absolute Gasteiger partial charge is 0.435 e. The zero-order chi connectivity index (χ0) is 26.2. The van der Waals surface area contributed by atoms with E-state index in [0.717, 1.165) is 37.3 Å². The molecule has 0 saturated carbocycles. The van der Waals surface area contributed by atoms with Crippen LogP contribution in [0.2, 0.25) is 0 Å². The number of hydrogen-bond acceptors (Lipinski definition) is 3. The lowest BCUT2D eigenvalue weighted by Crippen LogP contribution is -2.50. The first-order valence-electron chi connectivity index (χ1n) is 10.2. The molecule has 1 saturated heterocycles. The van der Waals surface area contributed by atoms with Crippen molar-refractivity contribution in [3.05, 3.63) is 65.0 Å². The molecule has 1 fully saturated rings. The summed E-state index contributed by atoms with van der Waals surface area (Å²) >= 11 is 0. The molecule has 2 unspecified atom stereocenters. The van der Waals surface area contributed by atoms with Gasteiger partial charge in [0.05, 0.1) is 10.9 Å². The molecule has 0 bridgehead atoms. The molecule has 4 nitrogen and oxygen atoms in total. The van der Waals surface area contributed by atoms with Gasteiger partial charge in [0.25, 0.3) is 0 Å². The van der Waals surface area contributed by atoms with Crippen LogP contribution in [0.3, 0.4) is 0 Å². The van der Waals surface area contributed by atoms with Crippen LogP contribution < -0.4 is 0 Å². The van der Waals surface area contributed by atoms with Crippen molar-refractivity contribution in [3.8, 4) is 0 Å². The van der Waals surface area contributed by atoms with E-state index < -0.39 is 62.4 Å². The molecule has 2 aromatic rings. The Morgan fingerprint density at radius 1 is 0.971 bits per heavy atom. The van der Waals surface area contributed by atoms with Crippen molar-refractivity contribution in [1.29, 1.82) is 0 Å². The van der Waals surface area contributed by atoms with E-state index in [4.69, 9.17) is 0 Å². The zero-order valence-corrected chi connectivity index (χ0v) is 18.7. The number of amides is 1. The highest BCUT2D eigenvalue weighted by atomic mass is 32.2. The highest BCUT2D eigenvalue weighted by Gasteiger charge is 2.74. The summed E-state index contributed by atoms with van der Waals surface area (Å²) in [4.78, 5) is 13.0. The Morgan fingerprint density at radius 3 is 2.06 bits per heavy atom. The Kier molecular flexibility index (Phi) is 5.55. The number of fused-ring (bicyclic) bond motifs is 3. The van der Waals surface area contributed by atoms with E-state index in [1.54, 1.807) is 0 Å². The fourth-order valence-electron chi connectivity index (χ4n) is 5.20. The number of carbonyl (C=O) groups excluding carboxylic acids is 1. The van der Waals surface area contributed by atoms with Crippen molar-refractivity contribution in [1.82, 2.24) is 4.90 Å². The Labute approximate surface area is 194 Å². The van der Waals surface area contributed by atoms with Crippen molar-refractivity contribution in [3.63, 3.8) is 0 Å². The quantitative estimate of drug-likeness (QED) is 0.419. The standard InChI is InChI=1S/C22H17F8NO3S/c1-12(32)31-9-8-19(35(33,34)16-5-3-15(23)4-6-16)17-7-2-14(10-13(17)11-18(19)31)20(24,21(25,26)27)22(28,29)30/h2-7,10,18H,8-9,11H2,1H3. The third kappa shape index (κ3) is 3.37. The van der Waals surface area contributed by atoms with Gasteiger partial charge in [0, 0.05) is 19.0 Å². The topological polar surface area (TPSA) is 54.5 Å². The molecule has 0 aromatic heterocycles. The summed E-state index contributed by atoms with van der Waals surface area (Å²) in [6.45, 7) is 1.11. The van der Waals surface area contributed by atoms with Crippen LogP contribution in [0.25, 0.3) is 0 Å². The normalized spacial score (nSPS) is 22.8. The highest BCUT2D eigenvalue weighted by molar-refractivity contribution is 7.92. The first-order valence-corrected chi connectivity index (χ1v) is 11.7. The summed E-state index contributed by atoms with van der Waals surface area (Å²) in [7, 11) is -4.44. The van der Waals surface area contributed by atoms with Crippen LogP contribution in [-0.4, -0.2) is 44.2 Å². The van der Waals surface area contributed by atoms with Crippen LogP contribution in [0.15, 0.2) is 47.4 Å². The van der Waals surface area contributed by atoms with E-state index in [1.807, 2.05) is 0 Å². The summed E-state index contributed by atoms with van der Waals surface area (Å²) in [5.41, 5.74) is -7.79. The second-order valence-corrected chi connectivity index (χ2v) is 10.8. The Morgan fingerprint density at radius 2 is 1.54 bits per heavy atom. The molecule has 190 valence electrons. The van der Waals surface area contributed by atoms with Gasteiger partial charge in [-0.15, -0.1) is 0 Å². The lowest BCUT2D eigenvalue weighted by Gasteiger charge is -2.33. The van der Waals surface area contributed by atoms with Gasteiger partial charge < -0.3 is 4.90 Å². The summed E-state index contributed by atoms with van der Waals surface area (Å²) in [6.07, 6.45) is -13.3. The minimum absolute atomic E-state index is 0.0419. The lowest BCUT2D eigenvalue weighted by atomic mass is 9.90. The fourth-order valence-corrected chi connectivity index (χ4v) is 7.53. The van der Waals surface area contributed by atoms with Crippen LogP contribution in [0.4, 0.5) is 35.1 Å². The molecular weight excluding hydrogens is 510 g/mol. The van der Waals surface area contributed by atoms with Gasteiger partial charge in [0.1, 0.15) is 10.6 Å². The van der Waals surface area contributed by atoms with E-state index in [0.29, 0.717) is 6.07 Å². The Bertz CT molecular complexity index is 1270. The van der Waals surface area contributed by atoms with Crippen LogP contribution >= 0.6 is 0 Å². The van der Waals surface area contributed by atoms with Crippen LogP contribution in [0.1, 0.15) is 30.0 Å². The number of rotatable bonds is 3. The second kappa shape index (κ2) is 7.65. The fraction of sp³-hybridized carbons (Fsp3) is 0.409. The van der Waals surface area contributed by atoms with Crippen LogP contribution in [0.5, 0.6) is 0 Å². The number of sulfone groups is 1. The van der Waals surface area contributed by atoms with Crippen LogP contribution in [-0.2, 0) is 31.5 Å². The third-order valence-corrected chi connectivity index (χ3v) is 9.35. The molecule has 2 atom stereocenters. The average molecular weight is 527 g/mol. The maximum absolute atomic E-state index is 14.7. The molecule has 2 aromatic carbocycles. The van der Waals surface area contributed by atoms with E-state index in [2.05, 4.69) is 0 Å². The van der Waals surface area contributed by atoms with E-state index in [1.165, 1.54) is 4.90 Å². The molecule has 2 aliphatic rings. The molecule has 1 aliphatic carbocycles. The number of nitrogens with zero attached hydrogens (tertiary/aromatic N) is 1. The second-order valence-electron chi connectivity index (χ2n) is 8.56. The Balaban J connectivity index is 1.95. The summed E-state index contributed by atoms with van der Waals surface area (Å²) in [5.74, 6) is -1.28. The maximum atomic E-state index is 14.7. The third-order valence-electron chi connectivity index (χ3n) is 6.80. The van der Waals surface area contributed by atoms with Crippen molar-refractivity contribution in [2.45, 2.75) is 53.5 Å². The molecule has 0 N–H and O–H groups in total. The van der Waals surface area contributed by atoms with Crippen molar-refractivity contribution in [2.75, 3.05) is 6.54 Å². The van der Waals surface area contributed by atoms with E-state index >= 15 is 0 Å². The van der Waals surface area contributed by atoms with Crippen molar-refractivity contribution < 1.29 is 48.3 Å². The predicted octanol–water partition coefficient (Wildman–Crippen LogP) is 4.96. The molecule has 1 aliphatic heterocycles. The van der Waals surface area contributed by atoms with Gasteiger partial charge in [-0.2, -0.15) is 26.3 Å². The number of halogens is 8. The summed E-state index contributed by atoms with van der Waals surface area (Å²) < 4.78 is 133. The van der Waals surface area contributed by atoms with E-state index in [-0.39, 0.29) is 35.1 Å². The minimum atomic E-state index is -6.34. The molecule has 13 heteroatoms. The first-order chi connectivity index (χ1) is 16.0. The monoisotopic (exact) mass is 527 g/mol. The number of likely N-dealkylation sites (tertiary alicyclic amines) is 1. The predicted molar refractivity (Wildman–Crippen MR) is 106 cm³/mol. The number of alkyl halides is 7. The van der Waals surface area contributed by atoms with Gasteiger partial charge in [0.15, 0.2) is 9.84 Å². The summed E-state index contributed by atoms with van der Waals surface area (Å²) in [6, 6.07) is 3.99. The lowest BCUT2D eigenvalue weighted by molar-refractivity contribution is -0.348. The van der Waals surface area contributed by atoms with Gasteiger partial charge in [-0.3, -0.25) is 4.79 Å². The van der Waals surface area contributed by atoms with Crippen molar-refractivity contribution in [2.24, 2.45) is 0 Å². The molecule has 4 rings (SSSR count). The number of hydrogen-bond donors (Lipinski definition) is 0. The molecular formula is C22H17F8NO3S. The highest BCUT2D eigenvalue weighted by Crippen LogP contribution is 2.57.